The summed E-state index contributed by atoms with van der Waals surface area (Å²) in [6, 6.07) is 3.95. The lowest BCUT2D eigenvalue weighted by Crippen LogP contribution is -2.40. The van der Waals surface area contributed by atoms with Crippen molar-refractivity contribution in [3.05, 3.63) is 41.9 Å². The fourth-order valence-electron chi connectivity index (χ4n) is 3.27. The lowest BCUT2D eigenvalue weighted by molar-refractivity contribution is 0.323. The van der Waals surface area contributed by atoms with Crippen molar-refractivity contribution in [2.24, 2.45) is 12.0 Å². The zero-order valence-corrected chi connectivity index (χ0v) is 18.6. The van der Waals surface area contributed by atoms with Crippen molar-refractivity contribution in [1.29, 1.82) is 0 Å². The maximum atomic E-state index is 5.61. The van der Waals surface area contributed by atoms with E-state index in [1.165, 1.54) is 5.56 Å². The molecule has 0 aliphatic carbocycles. The maximum Gasteiger partial charge on any atom is 0.218 e. The predicted octanol–water partition coefficient (Wildman–Crippen LogP) is 2.79. The second kappa shape index (κ2) is 10.5. The van der Waals surface area contributed by atoms with Gasteiger partial charge in [-0.1, -0.05) is 6.07 Å². The Kier molecular flexibility index (Phi) is 8.33. The Hall–Kier alpha value is -1.84. The van der Waals surface area contributed by atoms with Crippen LogP contribution in [0.15, 0.2) is 35.7 Å². The van der Waals surface area contributed by atoms with E-state index in [0.717, 1.165) is 37.6 Å². The second-order valence-corrected chi connectivity index (χ2v) is 6.45. The molecule has 0 saturated carbocycles. The number of pyridine rings is 1. The van der Waals surface area contributed by atoms with Gasteiger partial charge in [-0.05, 0) is 31.9 Å². The normalized spacial score (nSPS) is 16.9. The molecule has 148 valence electrons. The topological polar surface area (TPSA) is 67.6 Å². The first-order chi connectivity index (χ1) is 12.7. The van der Waals surface area contributed by atoms with E-state index in [-0.39, 0.29) is 24.0 Å². The highest BCUT2D eigenvalue weighted by atomic mass is 127. The molecule has 1 N–H and O–H groups in total. The van der Waals surface area contributed by atoms with Crippen LogP contribution < -0.4 is 10.1 Å². The van der Waals surface area contributed by atoms with Crippen LogP contribution in [-0.4, -0.2) is 51.9 Å². The largest absolute Gasteiger partial charge is 0.478 e. The van der Waals surface area contributed by atoms with Crippen molar-refractivity contribution in [3.8, 4) is 5.88 Å². The molecule has 27 heavy (non-hydrogen) atoms. The molecule has 1 fully saturated rings. The van der Waals surface area contributed by atoms with Gasteiger partial charge in [0.1, 0.15) is 0 Å². The van der Waals surface area contributed by atoms with E-state index in [0.29, 0.717) is 24.9 Å². The van der Waals surface area contributed by atoms with E-state index >= 15 is 0 Å². The van der Waals surface area contributed by atoms with Crippen molar-refractivity contribution < 1.29 is 4.74 Å². The fourth-order valence-corrected chi connectivity index (χ4v) is 3.27. The number of ether oxygens (including phenoxy) is 1. The quantitative estimate of drug-likeness (QED) is 0.388. The van der Waals surface area contributed by atoms with Crippen molar-refractivity contribution >= 4 is 29.9 Å². The Labute approximate surface area is 178 Å². The molecule has 3 heterocycles. The predicted molar refractivity (Wildman–Crippen MR) is 118 cm³/mol. The minimum Gasteiger partial charge on any atom is -0.478 e. The zero-order chi connectivity index (χ0) is 18.4. The first-order valence-corrected chi connectivity index (χ1v) is 9.29. The number of hydrogen-bond donors (Lipinski definition) is 1. The van der Waals surface area contributed by atoms with Gasteiger partial charge >= 0.3 is 0 Å². The maximum absolute atomic E-state index is 5.61. The molecule has 0 aromatic carbocycles. The number of aryl methyl sites for hydroxylation is 1. The molecule has 1 aliphatic heterocycles. The van der Waals surface area contributed by atoms with Gasteiger partial charge in [-0.2, -0.15) is 5.10 Å². The Morgan fingerprint density at radius 3 is 2.96 bits per heavy atom. The van der Waals surface area contributed by atoms with Gasteiger partial charge in [0.2, 0.25) is 5.88 Å². The number of aromatic nitrogens is 3. The standard InChI is InChI=1S/C19H28N6O.HI/c1-4-20-19(22-11-15-7-6-9-21-18(15)26-5-2)25-10-8-16(14-25)17-12-23-24(3)13-17;/h6-7,9,12-13,16H,4-5,8,10-11,14H2,1-3H3,(H,20,22);1H. The highest BCUT2D eigenvalue weighted by Crippen LogP contribution is 2.27. The summed E-state index contributed by atoms with van der Waals surface area (Å²) >= 11 is 0. The third-order valence-electron chi connectivity index (χ3n) is 4.55. The number of hydrogen-bond acceptors (Lipinski definition) is 4. The number of aliphatic imine (C=N–C) groups is 1. The molecule has 1 unspecified atom stereocenters. The van der Waals surface area contributed by atoms with Gasteiger partial charge in [0, 0.05) is 50.6 Å². The monoisotopic (exact) mass is 484 g/mol. The SMILES string of the molecule is CCNC(=NCc1cccnc1OCC)N1CCC(c2cnn(C)c2)C1.I. The van der Waals surface area contributed by atoms with Crippen LogP contribution in [0, 0.1) is 0 Å². The van der Waals surface area contributed by atoms with Crippen molar-refractivity contribution in [1.82, 2.24) is 25.0 Å². The Balaban J connectivity index is 0.00000261. The van der Waals surface area contributed by atoms with E-state index in [4.69, 9.17) is 9.73 Å². The third-order valence-corrected chi connectivity index (χ3v) is 4.55. The molecule has 2 aromatic heterocycles. The molecule has 7 nitrogen and oxygen atoms in total. The summed E-state index contributed by atoms with van der Waals surface area (Å²) in [5, 5.41) is 7.72. The van der Waals surface area contributed by atoms with Gasteiger partial charge < -0.3 is 15.0 Å². The zero-order valence-electron chi connectivity index (χ0n) is 16.3. The number of likely N-dealkylation sites (tertiary alicyclic amines) is 1. The van der Waals surface area contributed by atoms with Crippen molar-refractivity contribution in [3.63, 3.8) is 0 Å². The molecule has 8 heteroatoms. The lowest BCUT2D eigenvalue weighted by atomic mass is 10.0. The van der Waals surface area contributed by atoms with Gasteiger partial charge in [-0.3, -0.25) is 4.68 Å². The average Bonchev–Trinajstić information content (AvgIpc) is 3.29. The highest BCUT2D eigenvalue weighted by Gasteiger charge is 2.26. The van der Waals surface area contributed by atoms with Gasteiger partial charge in [0.25, 0.3) is 0 Å². The molecule has 1 saturated heterocycles. The summed E-state index contributed by atoms with van der Waals surface area (Å²) in [7, 11) is 1.96. The van der Waals surface area contributed by atoms with Crippen LogP contribution in [0.25, 0.3) is 0 Å². The number of nitrogens with zero attached hydrogens (tertiary/aromatic N) is 5. The molecular weight excluding hydrogens is 455 g/mol. The highest BCUT2D eigenvalue weighted by molar-refractivity contribution is 14.0. The van der Waals surface area contributed by atoms with E-state index in [1.54, 1.807) is 6.20 Å². The number of halogens is 1. The summed E-state index contributed by atoms with van der Waals surface area (Å²) in [6.45, 7) is 8.03. The molecule has 0 amide bonds. The van der Waals surface area contributed by atoms with E-state index in [1.807, 2.05) is 37.0 Å². The smallest absolute Gasteiger partial charge is 0.218 e. The van der Waals surface area contributed by atoms with Crippen LogP contribution in [0.1, 0.15) is 37.3 Å². The number of nitrogens with one attached hydrogen (secondary N) is 1. The molecule has 1 atom stereocenters. The first-order valence-electron chi connectivity index (χ1n) is 9.29. The van der Waals surface area contributed by atoms with Gasteiger partial charge in [-0.25, -0.2) is 9.98 Å². The van der Waals surface area contributed by atoms with Crippen LogP contribution in [0.3, 0.4) is 0 Å². The van der Waals surface area contributed by atoms with E-state index in [2.05, 4.69) is 33.4 Å². The molecule has 1 aliphatic rings. The Morgan fingerprint density at radius 2 is 2.26 bits per heavy atom. The fraction of sp³-hybridized carbons (Fsp3) is 0.526. The Morgan fingerprint density at radius 1 is 1.41 bits per heavy atom. The minimum atomic E-state index is 0. The minimum absolute atomic E-state index is 0. The lowest BCUT2D eigenvalue weighted by Gasteiger charge is -2.21. The van der Waals surface area contributed by atoms with Crippen LogP contribution in [0.2, 0.25) is 0 Å². The molecule has 2 aromatic rings. The van der Waals surface area contributed by atoms with Crippen LogP contribution in [-0.2, 0) is 13.6 Å². The summed E-state index contributed by atoms with van der Waals surface area (Å²) < 4.78 is 7.48. The summed E-state index contributed by atoms with van der Waals surface area (Å²) in [4.78, 5) is 11.5. The van der Waals surface area contributed by atoms with E-state index in [9.17, 15) is 0 Å². The molecule has 0 bridgehead atoms. The molecule has 3 rings (SSSR count). The molecule has 0 radical (unpaired) electrons. The first kappa shape index (κ1) is 21.5. The van der Waals surface area contributed by atoms with Gasteiger partial charge in [-0.15, -0.1) is 24.0 Å². The molecular formula is C19H29IN6O. The summed E-state index contributed by atoms with van der Waals surface area (Å²) in [5.41, 5.74) is 2.31. The van der Waals surface area contributed by atoms with Crippen LogP contribution in [0.4, 0.5) is 0 Å². The third kappa shape index (κ3) is 5.57. The number of guanidine groups is 1. The van der Waals surface area contributed by atoms with Gasteiger partial charge in [0.05, 0.1) is 19.3 Å². The van der Waals surface area contributed by atoms with E-state index < -0.39 is 0 Å². The van der Waals surface area contributed by atoms with Crippen molar-refractivity contribution in [2.75, 3.05) is 26.2 Å². The summed E-state index contributed by atoms with van der Waals surface area (Å²) in [6.07, 6.45) is 6.96. The van der Waals surface area contributed by atoms with Gasteiger partial charge in [0.15, 0.2) is 5.96 Å². The summed E-state index contributed by atoms with van der Waals surface area (Å²) in [5.74, 6) is 2.12. The average molecular weight is 484 g/mol. The van der Waals surface area contributed by atoms with Crippen molar-refractivity contribution in [2.45, 2.75) is 32.7 Å². The second-order valence-electron chi connectivity index (χ2n) is 6.45. The molecule has 0 spiro atoms. The van der Waals surface area contributed by atoms with Crippen LogP contribution >= 0.6 is 24.0 Å². The van der Waals surface area contributed by atoms with Crippen LogP contribution in [0.5, 0.6) is 5.88 Å². The number of rotatable bonds is 6. The Bertz CT molecular complexity index is 747.